The lowest BCUT2D eigenvalue weighted by Crippen LogP contribution is -2.27. The van der Waals surface area contributed by atoms with Crippen LogP contribution in [0.2, 0.25) is 0 Å². The van der Waals surface area contributed by atoms with Crippen molar-refractivity contribution >= 4 is 11.4 Å². The van der Waals surface area contributed by atoms with E-state index in [-0.39, 0.29) is 17.9 Å². The first-order valence-electron chi connectivity index (χ1n) is 7.55. The maximum Gasteiger partial charge on any atom is 0.416 e. The third kappa shape index (κ3) is 5.86. The van der Waals surface area contributed by atoms with Crippen LogP contribution in [0.25, 0.3) is 0 Å². The SMILES string of the molecule is CC(CO)C/C(=N\N(C)c1ccc(C(F)(F)F)cc1)C(C)(C)C. The van der Waals surface area contributed by atoms with E-state index in [2.05, 4.69) is 5.10 Å². The molecule has 0 spiro atoms. The number of aliphatic hydroxyl groups excluding tert-OH is 1. The number of anilines is 1. The summed E-state index contributed by atoms with van der Waals surface area (Å²) in [6.45, 7) is 8.07. The molecule has 23 heavy (non-hydrogen) atoms. The van der Waals surface area contributed by atoms with E-state index in [0.29, 0.717) is 12.1 Å². The Morgan fingerprint density at radius 1 is 1.17 bits per heavy atom. The average molecular weight is 330 g/mol. The summed E-state index contributed by atoms with van der Waals surface area (Å²) < 4.78 is 37.8. The minimum absolute atomic E-state index is 0.0685. The van der Waals surface area contributed by atoms with Crippen molar-refractivity contribution in [2.75, 3.05) is 18.7 Å². The lowest BCUT2D eigenvalue weighted by molar-refractivity contribution is -0.137. The highest BCUT2D eigenvalue weighted by Crippen LogP contribution is 2.30. The maximum absolute atomic E-state index is 12.6. The molecule has 0 radical (unpaired) electrons. The van der Waals surface area contributed by atoms with Gasteiger partial charge >= 0.3 is 6.18 Å². The van der Waals surface area contributed by atoms with Gasteiger partial charge in [0.05, 0.1) is 11.3 Å². The Labute approximate surface area is 135 Å². The highest BCUT2D eigenvalue weighted by molar-refractivity contribution is 5.90. The summed E-state index contributed by atoms with van der Waals surface area (Å²) in [5.74, 6) is 0.0778. The van der Waals surface area contributed by atoms with Crippen LogP contribution in [0.5, 0.6) is 0 Å². The van der Waals surface area contributed by atoms with E-state index in [0.717, 1.165) is 17.8 Å². The Morgan fingerprint density at radius 3 is 2.09 bits per heavy atom. The molecule has 0 amide bonds. The number of nitrogens with zero attached hydrogens (tertiary/aromatic N) is 2. The fourth-order valence-corrected chi connectivity index (χ4v) is 2.00. The summed E-state index contributed by atoms with van der Waals surface area (Å²) in [4.78, 5) is 0. The first kappa shape index (κ1) is 19.5. The van der Waals surface area contributed by atoms with Gasteiger partial charge in [0.25, 0.3) is 0 Å². The predicted molar refractivity (Wildman–Crippen MR) is 87.6 cm³/mol. The maximum atomic E-state index is 12.6. The molecule has 0 fully saturated rings. The molecule has 1 atom stereocenters. The quantitative estimate of drug-likeness (QED) is 0.634. The summed E-state index contributed by atoms with van der Waals surface area (Å²) in [6.07, 6.45) is -3.71. The molecule has 130 valence electrons. The van der Waals surface area contributed by atoms with E-state index < -0.39 is 11.7 Å². The zero-order valence-corrected chi connectivity index (χ0v) is 14.3. The van der Waals surface area contributed by atoms with Gasteiger partial charge in [0.15, 0.2) is 0 Å². The second kappa shape index (κ2) is 7.34. The smallest absolute Gasteiger partial charge is 0.396 e. The first-order valence-corrected chi connectivity index (χ1v) is 7.55. The molecule has 0 aliphatic carbocycles. The van der Waals surface area contributed by atoms with Gasteiger partial charge < -0.3 is 5.11 Å². The number of aliphatic hydroxyl groups is 1. The molecule has 1 rings (SSSR count). The molecule has 6 heteroatoms. The van der Waals surface area contributed by atoms with E-state index in [4.69, 9.17) is 0 Å². The molecule has 0 aromatic heterocycles. The van der Waals surface area contributed by atoms with Crippen LogP contribution < -0.4 is 5.01 Å². The molecule has 1 aromatic rings. The lowest BCUT2D eigenvalue weighted by Gasteiger charge is -2.26. The molecule has 0 heterocycles. The van der Waals surface area contributed by atoms with Crippen molar-refractivity contribution in [1.82, 2.24) is 0 Å². The lowest BCUT2D eigenvalue weighted by atomic mass is 9.85. The molecule has 0 saturated heterocycles. The van der Waals surface area contributed by atoms with Crippen LogP contribution in [0.3, 0.4) is 0 Å². The number of hydrazone groups is 1. The number of rotatable bonds is 5. The molecule has 0 aliphatic rings. The van der Waals surface area contributed by atoms with Gasteiger partial charge in [0.1, 0.15) is 0 Å². The van der Waals surface area contributed by atoms with Crippen LogP contribution in [0.15, 0.2) is 29.4 Å². The normalized spacial score (nSPS) is 14.7. The Hall–Kier alpha value is -1.56. The third-order valence-corrected chi connectivity index (χ3v) is 3.56. The van der Waals surface area contributed by atoms with Crippen LogP contribution in [-0.4, -0.2) is 24.5 Å². The topological polar surface area (TPSA) is 35.8 Å². The minimum atomic E-state index is -4.34. The first-order chi connectivity index (χ1) is 10.4. The van der Waals surface area contributed by atoms with Crippen LogP contribution in [0.1, 0.15) is 39.7 Å². The van der Waals surface area contributed by atoms with Gasteiger partial charge in [-0.25, -0.2) is 0 Å². The Bertz CT molecular complexity index is 530. The number of halogens is 3. The summed E-state index contributed by atoms with van der Waals surface area (Å²) in [5, 5.41) is 15.4. The average Bonchev–Trinajstić information content (AvgIpc) is 2.44. The fraction of sp³-hybridized carbons (Fsp3) is 0.588. The minimum Gasteiger partial charge on any atom is -0.396 e. The Morgan fingerprint density at radius 2 is 1.70 bits per heavy atom. The zero-order chi connectivity index (χ0) is 17.8. The summed E-state index contributed by atoms with van der Waals surface area (Å²) in [7, 11) is 1.71. The summed E-state index contributed by atoms with van der Waals surface area (Å²) in [6, 6.07) is 4.91. The summed E-state index contributed by atoms with van der Waals surface area (Å²) in [5.41, 5.74) is 0.602. The molecule has 1 N–H and O–H groups in total. The van der Waals surface area contributed by atoms with Gasteiger partial charge in [0.2, 0.25) is 0 Å². The van der Waals surface area contributed by atoms with E-state index in [1.54, 1.807) is 12.1 Å². The van der Waals surface area contributed by atoms with Crippen molar-refractivity contribution in [3.05, 3.63) is 29.8 Å². The van der Waals surface area contributed by atoms with Gasteiger partial charge in [0, 0.05) is 24.8 Å². The van der Waals surface area contributed by atoms with Gasteiger partial charge in [-0.15, -0.1) is 0 Å². The van der Waals surface area contributed by atoms with E-state index in [1.807, 2.05) is 27.7 Å². The molecule has 1 aromatic carbocycles. The molecule has 0 saturated carbocycles. The number of benzene rings is 1. The molecule has 0 aliphatic heterocycles. The molecular formula is C17H25F3N2O. The highest BCUT2D eigenvalue weighted by atomic mass is 19.4. The highest BCUT2D eigenvalue weighted by Gasteiger charge is 2.30. The van der Waals surface area contributed by atoms with Gasteiger partial charge in [-0.3, -0.25) is 5.01 Å². The monoisotopic (exact) mass is 330 g/mol. The summed E-state index contributed by atoms with van der Waals surface area (Å²) >= 11 is 0. The Kier molecular flexibility index (Phi) is 6.22. The molecule has 0 bridgehead atoms. The van der Waals surface area contributed by atoms with Crippen molar-refractivity contribution in [2.24, 2.45) is 16.4 Å². The molecular weight excluding hydrogens is 305 g/mol. The third-order valence-electron chi connectivity index (χ3n) is 3.56. The van der Waals surface area contributed by atoms with Crippen LogP contribution in [-0.2, 0) is 6.18 Å². The molecule has 3 nitrogen and oxygen atoms in total. The fourth-order valence-electron chi connectivity index (χ4n) is 2.00. The van der Waals surface area contributed by atoms with E-state index in [9.17, 15) is 18.3 Å². The second-order valence-corrected chi connectivity index (χ2v) is 6.86. The van der Waals surface area contributed by atoms with Crippen LogP contribution in [0, 0.1) is 11.3 Å². The van der Waals surface area contributed by atoms with Crippen molar-refractivity contribution in [1.29, 1.82) is 0 Å². The van der Waals surface area contributed by atoms with Crippen molar-refractivity contribution < 1.29 is 18.3 Å². The van der Waals surface area contributed by atoms with Gasteiger partial charge in [-0.05, 0) is 36.6 Å². The van der Waals surface area contributed by atoms with Crippen LogP contribution >= 0.6 is 0 Å². The molecule has 1 unspecified atom stereocenters. The standard InChI is InChI=1S/C17H25F3N2O/c1-12(11-23)10-15(16(2,3)4)21-22(5)14-8-6-13(7-9-14)17(18,19)20/h6-9,12,23H,10-11H2,1-5H3/b21-15+. The van der Waals surface area contributed by atoms with Gasteiger partial charge in [-0.1, -0.05) is 27.7 Å². The number of hydrogen-bond donors (Lipinski definition) is 1. The van der Waals surface area contributed by atoms with Gasteiger partial charge in [-0.2, -0.15) is 18.3 Å². The Balaban J connectivity index is 3.02. The largest absolute Gasteiger partial charge is 0.416 e. The van der Waals surface area contributed by atoms with Crippen molar-refractivity contribution in [2.45, 2.75) is 40.3 Å². The van der Waals surface area contributed by atoms with Crippen LogP contribution in [0.4, 0.5) is 18.9 Å². The second-order valence-electron chi connectivity index (χ2n) is 6.86. The predicted octanol–water partition coefficient (Wildman–Crippen LogP) is 4.56. The zero-order valence-electron chi connectivity index (χ0n) is 14.3. The van der Waals surface area contributed by atoms with Crippen molar-refractivity contribution in [3.63, 3.8) is 0 Å². The number of hydrogen-bond acceptors (Lipinski definition) is 3. The van der Waals surface area contributed by atoms with Crippen molar-refractivity contribution in [3.8, 4) is 0 Å². The number of alkyl halides is 3. The van der Waals surface area contributed by atoms with E-state index >= 15 is 0 Å². The van der Waals surface area contributed by atoms with E-state index in [1.165, 1.54) is 12.1 Å².